The third kappa shape index (κ3) is 6.32. The molecule has 0 saturated carbocycles. The minimum absolute atomic E-state index is 0.0271. The van der Waals surface area contributed by atoms with Gasteiger partial charge in [0, 0.05) is 23.7 Å². The average Bonchev–Trinajstić information content (AvgIpc) is 2.36. The molecule has 3 nitrogen and oxygen atoms in total. The molecule has 1 aromatic carbocycles. The number of aliphatic hydroxyl groups excluding tert-OH is 1. The first-order valence-corrected chi connectivity index (χ1v) is 7.82. The minimum Gasteiger partial charge on any atom is -0.491 e. The van der Waals surface area contributed by atoms with E-state index in [2.05, 4.69) is 6.92 Å². The smallest absolute Gasteiger partial charge is 0.119 e. The fourth-order valence-corrected chi connectivity index (χ4v) is 2.70. The highest BCUT2D eigenvalue weighted by atomic mass is 32.2. The van der Waals surface area contributed by atoms with E-state index in [-0.39, 0.29) is 18.8 Å². The molecule has 0 heterocycles. The molecule has 1 rings (SSSR count). The molecule has 2 unspecified atom stereocenters. The first-order chi connectivity index (χ1) is 9.02. The maximum Gasteiger partial charge on any atom is 0.119 e. The summed E-state index contributed by atoms with van der Waals surface area (Å²) in [7, 11) is 0. The topological polar surface area (TPSA) is 55.5 Å². The van der Waals surface area contributed by atoms with Gasteiger partial charge < -0.3 is 15.6 Å². The molecule has 0 saturated heterocycles. The molecule has 2 atom stereocenters. The number of hydrogen-bond acceptors (Lipinski definition) is 4. The molecule has 0 aliphatic rings. The van der Waals surface area contributed by atoms with Crippen molar-refractivity contribution in [1.82, 2.24) is 0 Å². The Labute approximate surface area is 120 Å². The van der Waals surface area contributed by atoms with E-state index >= 15 is 0 Å². The maximum absolute atomic E-state index is 8.86. The van der Waals surface area contributed by atoms with Crippen LogP contribution in [0.1, 0.15) is 38.8 Å². The van der Waals surface area contributed by atoms with Crippen molar-refractivity contribution in [2.75, 3.05) is 12.4 Å². The van der Waals surface area contributed by atoms with Crippen LogP contribution in [0.3, 0.4) is 0 Å². The number of hydrogen-bond donors (Lipinski definition) is 2. The minimum atomic E-state index is 0.0271. The van der Waals surface area contributed by atoms with E-state index in [1.807, 2.05) is 38.1 Å². The Morgan fingerprint density at radius 3 is 2.37 bits per heavy atom. The zero-order valence-electron chi connectivity index (χ0n) is 12.0. The second-order valence-electron chi connectivity index (χ2n) is 5.00. The van der Waals surface area contributed by atoms with Crippen molar-refractivity contribution in [3.8, 4) is 5.75 Å². The van der Waals surface area contributed by atoms with Crippen LogP contribution >= 0.6 is 11.8 Å². The molecule has 0 fully saturated rings. The summed E-state index contributed by atoms with van der Waals surface area (Å²) in [5, 5.41) is 9.31. The van der Waals surface area contributed by atoms with Gasteiger partial charge in [-0.25, -0.2) is 0 Å². The van der Waals surface area contributed by atoms with Crippen molar-refractivity contribution in [3.63, 3.8) is 0 Å². The molecule has 0 radical (unpaired) electrons. The van der Waals surface area contributed by atoms with Crippen LogP contribution in [-0.4, -0.2) is 28.8 Å². The number of nitrogens with two attached hydrogens (primary N) is 1. The molecular formula is C15H25NO2S. The standard InChI is InChI=1S/C15H25NO2S/c1-11(2)18-14-6-4-13(5-7-14)15(16)10-19-12(3)8-9-17/h4-7,11-12,15,17H,8-10,16H2,1-3H3. The van der Waals surface area contributed by atoms with Gasteiger partial charge in [-0.2, -0.15) is 11.8 Å². The molecule has 108 valence electrons. The Bertz CT molecular complexity index is 354. The summed E-state index contributed by atoms with van der Waals surface area (Å²) >= 11 is 1.80. The second-order valence-corrected chi connectivity index (χ2v) is 6.47. The number of benzene rings is 1. The third-order valence-corrected chi connectivity index (χ3v) is 4.13. The summed E-state index contributed by atoms with van der Waals surface area (Å²) < 4.78 is 5.61. The molecule has 19 heavy (non-hydrogen) atoms. The molecule has 1 aromatic rings. The molecule has 4 heteroatoms. The lowest BCUT2D eigenvalue weighted by Gasteiger charge is -2.16. The lowest BCUT2D eigenvalue weighted by Crippen LogP contribution is -2.15. The van der Waals surface area contributed by atoms with Crippen molar-refractivity contribution >= 4 is 11.8 Å². The molecule has 0 bridgehead atoms. The van der Waals surface area contributed by atoms with Crippen LogP contribution in [0.25, 0.3) is 0 Å². The van der Waals surface area contributed by atoms with E-state index in [1.54, 1.807) is 11.8 Å². The van der Waals surface area contributed by atoms with E-state index in [0.717, 1.165) is 23.5 Å². The fourth-order valence-electron chi connectivity index (χ4n) is 1.70. The first-order valence-electron chi connectivity index (χ1n) is 6.77. The molecule has 0 aliphatic heterocycles. The van der Waals surface area contributed by atoms with Gasteiger partial charge in [0.2, 0.25) is 0 Å². The van der Waals surface area contributed by atoms with Crippen molar-refractivity contribution in [2.24, 2.45) is 5.73 Å². The number of ether oxygens (including phenoxy) is 1. The predicted molar refractivity (Wildman–Crippen MR) is 82.8 cm³/mol. The van der Waals surface area contributed by atoms with Crippen LogP contribution in [0.2, 0.25) is 0 Å². The van der Waals surface area contributed by atoms with E-state index < -0.39 is 0 Å². The van der Waals surface area contributed by atoms with Gasteiger partial charge in [0.25, 0.3) is 0 Å². The Morgan fingerprint density at radius 1 is 1.21 bits per heavy atom. The lowest BCUT2D eigenvalue weighted by atomic mass is 10.1. The van der Waals surface area contributed by atoms with Crippen LogP contribution in [-0.2, 0) is 0 Å². The highest BCUT2D eigenvalue weighted by molar-refractivity contribution is 7.99. The van der Waals surface area contributed by atoms with Gasteiger partial charge in [-0.15, -0.1) is 0 Å². The number of thioether (sulfide) groups is 1. The summed E-state index contributed by atoms with van der Waals surface area (Å²) in [4.78, 5) is 0. The van der Waals surface area contributed by atoms with Crippen LogP contribution in [0.4, 0.5) is 0 Å². The fraction of sp³-hybridized carbons (Fsp3) is 0.600. The summed E-state index contributed by atoms with van der Waals surface area (Å²) in [6, 6.07) is 8.02. The summed E-state index contributed by atoms with van der Waals surface area (Å²) in [5.41, 5.74) is 7.29. The monoisotopic (exact) mass is 283 g/mol. The van der Waals surface area contributed by atoms with Gasteiger partial charge in [-0.1, -0.05) is 19.1 Å². The predicted octanol–water partition coefficient (Wildman–Crippen LogP) is 2.98. The van der Waals surface area contributed by atoms with Gasteiger partial charge in [-0.3, -0.25) is 0 Å². The molecule has 0 aromatic heterocycles. The molecule has 0 aliphatic carbocycles. The van der Waals surface area contributed by atoms with Crippen molar-refractivity contribution < 1.29 is 9.84 Å². The van der Waals surface area contributed by atoms with E-state index in [1.165, 1.54) is 0 Å². The van der Waals surface area contributed by atoms with Gasteiger partial charge in [0.15, 0.2) is 0 Å². The number of rotatable bonds is 8. The third-order valence-electron chi connectivity index (χ3n) is 2.78. The lowest BCUT2D eigenvalue weighted by molar-refractivity contribution is 0.242. The van der Waals surface area contributed by atoms with Crippen LogP contribution in [0.5, 0.6) is 5.75 Å². The van der Waals surface area contributed by atoms with E-state index in [0.29, 0.717) is 5.25 Å². The Hall–Kier alpha value is -0.710. The first kappa shape index (κ1) is 16.3. The van der Waals surface area contributed by atoms with Crippen molar-refractivity contribution in [1.29, 1.82) is 0 Å². The summed E-state index contributed by atoms with van der Waals surface area (Å²) in [5.74, 6) is 1.75. The maximum atomic E-state index is 8.86. The number of aliphatic hydroxyl groups is 1. The molecule has 0 spiro atoms. The van der Waals surface area contributed by atoms with Gasteiger partial charge in [0.1, 0.15) is 5.75 Å². The molecule has 0 amide bonds. The highest BCUT2D eigenvalue weighted by Crippen LogP contribution is 2.23. The zero-order valence-corrected chi connectivity index (χ0v) is 12.8. The average molecular weight is 283 g/mol. The van der Waals surface area contributed by atoms with Gasteiger partial charge in [0.05, 0.1) is 6.10 Å². The van der Waals surface area contributed by atoms with Gasteiger partial charge in [-0.05, 0) is 38.0 Å². The van der Waals surface area contributed by atoms with Crippen LogP contribution < -0.4 is 10.5 Å². The Kier molecular flexibility index (Phi) is 7.28. The normalized spacial score (nSPS) is 14.4. The summed E-state index contributed by atoms with van der Waals surface area (Å²) in [6.07, 6.45) is 1.01. The quantitative estimate of drug-likeness (QED) is 0.770. The molecular weight excluding hydrogens is 258 g/mol. The second kappa shape index (κ2) is 8.46. The summed E-state index contributed by atoms with van der Waals surface area (Å²) in [6.45, 7) is 6.38. The Morgan fingerprint density at radius 2 is 1.84 bits per heavy atom. The SMILES string of the molecule is CC(C)Oc1ccc(C(N)CSC(C)CCO)cc1. The molecule has 3 N–H and O–H groups in total. The van der Waals surface area contributed by atoms with E-state index in [4.69, 9.17) is 15.6 Å². The van der Waals surface area contributed by atoms with Crippen molar-refractivity contribution in [2.45, 2.75) is 44.6 Å². The Balaban J connectivity index is 2.46. The highest BCUT2D eigenvalue weighted by Gasteiger charge is 2.09. The zero-order chi connectivity index (χ0) is 14.3. The largest absolute Gasteiger partial charge is 0.491 e. The van der Waals surface area contributed by atoms with Crippen LogP contribution in [0, 0.1) is 0 Å². The van der Waals surface area contributed by atoms with E-state index in [9.17, 15) is 0 Å². The van der Waals surface area contributed by atoms with Crippen LogP contribution in [0.15, 0.2) is 24.3 Å². The van der Waals surface area contributed by atoms with Gasteiger partial charge >= 0.3 is 0 Å². The van der Waals surface area contributed by atoms with Crippen molar-refractivity contribution in [3.05, 3.63) is 29.8 Å².